The number of carbonyl (C=O) groups is 1. The zero-order chi connectivity index (χ0) is 20.7. The van der Waals surface area contributed by atoms with Crippen LogP contribution in [0.15, 0.2) is 63.3 Å². The lowest BCUT2D eigenvalue weighted by atomic mass is 10.2. The molecule has 0 bridgehead atoms. The van der Waals surface area contributed by atoms with Crippen molar-refractivity contribution in [1.82, 2.24) is 4.72 Å². The van der Waals surface area contributed by atoms with Crippen LogP contribution in [0.2, 0.25) is 5.02 Å². The fourth-order valence-corrected chi connectivity index (χ4v) is 4.75. The number of rotatable bonds is 6. The Labute approximate surface area is 180 Å². The first-order valence-electron chi connectivity index (χ1n) is 9.27. The lowest BCUT2D eigenvalue weighted by Crippen LogP contribution is -2.30. The number of nitrogens with zero attached hydrogens (tertiary/aromatic N) is 1. The molecule has 1 heterocycles. The molecule has 2 aromatic rings. The molecule has 0 aromatic heterocycles. The highest BCUT2D eigenvalue weighted by molar-refractivity contribution is 8.00. The van der Waals surface area contributed by atoms with Gasteiger partial charge in [-0.3, -0.25) is 14.5 Å². The fraction of sp³-hybridized carbons (Fsp3) is 0.300. The Morgan fingerprint density at radius 2 is 1.90 bits per heavy atom. The predicted octanol–water partition coefficient (Wildman–Crippen LogP) is 4.32. The van der Waals surface area contributed by atoms with E-state index in [-0.39, 0.29) is 16.6 Å². The molecule has 1 aliphatic rings. The van der Waals surface area contributed by atoms with Gasteiger partial charge in [-0.25, -0.2) is 8.42 Å². The summed E-state index contributed by atoms with van der Waals surface area (Å²) in [5.41, 5.74) is 0.428. The third-order valence-corrected chi connectivity index (χ3v) is 6.88. The van der Waals surface area contributed by atoms with Gasteiger partial charge >= 0.3 is 0 Å². The molecule has 1 amide bonds. The van der Waals surface area contributed by atoms with Crippen molar-refractivity contribution in [3.63, 3.8) is 0 Å². The molecule has 0 atom stereocenters. The van der Waals surface area contributed by atoms with Gasteiger partial charge in [0, 0.05) is 28.6 Å². The van der Waals surface area contributed by atoms with E-state index in [1.54, 1.807) is 24.3 Å². The van der Waals surface area contributed by atoms with Gasteiger partial charge in [-0.2, -0.15) is 0 Å². The van der Waals surface area contributed by atoms with E-state index in [9.17, 15) is 13.2 Å². The Morgan fingerprint density at radius 3 is 2.69 bits per heavy atom. The van der Waals surface area contributed by atoms with Crippen LogP contribution in [0.4, 0.5) is 5.69 Å². The van der Waals surface area contributed by atoms with E-state index in [4.69, 9.17) is 11.6 Å². The van der Waals surface area contributed by atoms with Gasteiger partial charge in [-0.1, -0.05) is 24.1 Å². The molecule has 6 nitrogen and oxygen atoms in total. The van der Waals surface area contributed by atoms with Crippen LogP contribution in [0, 0.1) is 0 Å². The van der Waals surface area contributed by atoms with Crippen LogP contribution < -0.4 is 10.0 Å². The second kappa shape index (κ2) is 10.1. The Bertz CT molecular complexity index is 992. The summed E-state index contributed by atoms with van der Waals surface area (Å²) in [6, 6.07) is 13.4. The number of hydrogen-bond acceptors (Lipinski definition) is 5. The lowest BCUT2D eigenvalue weighted by molar-refractivity contribution is -0.113. The van der Waals surface area contributed by atoms with Gasteiger partial charge in [0.15, 0.2) is 0 Å². The Morgan fingerprint density at radius 1 is 1.10 bits per heavy atom. The summed E-state index contributed by atoms with van der Waals surface area (Å²) in [6.45, 7) is 0.638. The Hall–Kier alpha value is -2.03. The molecule has 0 unspecified atom stereocenters. The summed E-state index contributed by atoms with van der Waals surface area (Å²) in [7, 11) is -3.74. The molecule has 0 radical (unpaired) electrons. The van der Waals surface area contributed by atoms with E-state index < -0.39 is 10.0 Å². The zero-order valence-corrected chi connectivity index (χ0v) is 18.1. The average molecular weight is 452 g/mol. The van der Waals surface area contributed by atoms with E-state index in [0.717, 1.165) is 24.2 Å². The van der Waals surface area contributed by atoms with Crippen molar-refractivity contribution < 1.29 is 13.2 Å². The average Bonchev–Trinajstić information content (AvgIpc) is 2.96. The quantitative estimate of drug-likeness (QED) is 0.640. The van der Waals surface area contributed by atoms with Crippen LogP contribution in [0.1, 0.15) is 25.7 Å². The largest absolute Gasteiger partial charge is 0.325 e. The third-order valence-electron chi connectivity index (χ3n) is 4.24. The molecule has 0 spiro atoms. The zero-order valence-electron chi connectivity index (χ0n) is 15.7. The number of amidine groups is 1. The molecule has 1 aliphatic heterocycles. The number of amides is 1. The summed E-state index contributed by atoms with van der Waals surface area (Å²) in [4.78, 5) is 17.6. The van der Waals surface area contributed by atoms with Crippen LogP contribution in [-0.4, -0.2) is 32.5 Å². The van der Waals surface area contributed by atoms with E-state index >= 15 is 0 Å². The fourth-order valence-electron chi connectivity index (χ4n) is 2.79. The molecule has 0 fully saturated rings. The first-order valence-corrected chi connectivity index (χ1v) is 12.1. The van der Waals surface area contributed by atoms with Crippen molar-refractivity contribution in [2.75, 3.05) is 17.6 Å². The van der Waals surface area contributed by atoms with Crippen molar-refractivity contribution in [3.8, 4) is 0 Å². The molecular weight excluding hydrogens is 430 g/mol. The van der Waals surface area contributed by atoms with Crippen molar-refractivity contribution in [2.24, 2.45) is 4.99 Å². The highest BCUT2D eigenvalue weighted by Crippen LogP contribution is 2.21. The minimum absolute atomic E-state index is 0.0904. The lowest BCUT2D eigenvalue weighted by Gasteiger charge is -2.11. The normalized spacial score (nSPS) is 14.6. The molecule has 0 saturated carbocycles. The number of halogens is 1. The smallest absolute Gasteiger partial charge is 0.262 e. The molecular formula is C20H22ClN3O3S2. The highest BCUT2D eigenvalue weighted by Gasteiger charge is 2.18. The number of carbonyl (C=O) groups excluding carboxylic acids is 1. The van der Waals surface area contributed by atoms with E-state index in [1.807, 2.05) is 12.1 Å². The standard InChI is InChI=1S/C20H22ClN3O3S2/c21-15-8-10-17(11-9-15)28-14-20(25)23-16-5-4-6-18(13-16)29(26,27)24-19-7-2-1-3-12-22-19/h4-6,8-11,13H,1-3,7,12,14H2,(H,22,24)(H,23,25). The molecule has 0 saturated heterocycles. The third kappa shape index (κ3) is 6.76. The summed E-state index contributed by atoms with van der Waals surface area (Å²) < 4.78 is 27.9. The van der Waals surface area contributed by atoms with Crippen LogP contribution >= 0.6 is 23.4 Å². The number of aliphatic imine (C=N–C) groups is 1. The number of nitrogens with one attached hydrogen (secondary N) is 2. The molecule has 0 aliphatic carbocycles. The monoisotopic (exact) mass is 451 g/mol. The van der Waals surface area contributed by atoms with Crippen molar-refractivity contribution in [2.45, 2.75) is 35.5 Å². The van der Waals surface area contributed by atoms with E-state index in [1.165, 1.54) is 23.9 Å². The van der Waals surface area contributed by atoms with Crippen LogP contribution in [0.3, 0.4) is 0 Å². The maximum absolute atomic E-state index is 12.7. The van der Waals surface area contributed by atoms with Crippen LogP contribution in [0.5, 0.6) is 0 Å². The van der Waals surface area contributed by atoms with E-state index in [0.29, 0.717) is 29.5 Å². The SMILES string of the molecule is O=C(CSc1ccc(Cl)cc1)Nc1cccc(S(=O)(=O)NC2=NCCCCC2)c1. The predicted molar refractivity (Wildman–Crippen MR) is 118 cm³/mol. The first-order chi connectivity index (χ1) is 13.9. The molecule has 154 valence electrons. The summed E-state index contributed by atoms with van der Waals surface area (Å²) in [6.07, 6.45) is 3.56. The summed E-state index contributed by atoms with van der Waals surface area (Å²) >= 11 is 7.23. The van der Waals surface area contributed by atoms with Gasteiger partial charge in [-0.05, 0) is 55.3 Å². The molecule has 3 rings (SSSR count). The molecule has 29 heavy (non-hydrogen) atoms. The minimum Gasteiger partial charge on any atom is -0.325 e. The number of hydrogen-bond donors (Lipinski definition) is 2. The molecule has 2 N–H and O–H groups in total. The number of sulfonamides is 1. The summed E-state index contributed by atoms with van der Waals surface area (Å²) in [5, 5.41) is 3.38. The van der Waals surface area contributed by atoms with Gasteiger partial charge in [0.05, 0.1) is 10.6 Å². The van der Waals surface area contributed by atoms with Gasteiger partial charge in [0.25, 0.3) is 10.0 Å². The van der Waals surface area contributed by atoms with Gasteiger partial charge in [-0.15, -0.1) is 11.8 Å². The second-order valence-electron chi connectivity index (χ2n) is 6.56. The first kappa shape index (κ1) is 21.7. The maximum atomic E-state index is 12.7. The van der Waals surface area contributed by atoms with Gasteiger partial charge in [0.1, 0.15) is 5.84 Å². The van der Waals surface area contributed by atoms with Gasteiger partial charge in [0.2, 0.25) is 5.91 Å². The van der Waals surface area contributed by atoms with Crippen molar-refractivity contribution >= 4 is 50.8 Å². The number of thioether (sulfide) groups is 1. The number of benzene rings is 2. The van der Waals surface area contributed by atoms with Crippen LogP contribution in [0.25, 0.3) is 0 Å². The van der Waals surface area contributed by atoms with Crippen molar-refractivity contribution in [1.29, 1.82) is 0 Å². The van der Waals surface area contributed by atoms with Gasteiger partial charge < -0.3 is 5.32 Å². The van der Waals surface area contributed by atoms with Crippen molar-refractivity contribution in [3.05, 3.63) is 53.6 Å². The highest BCUT2D eigenvalue weighted by atomic mass is 35.5. The Kier molecular flexibility index (Phi) is 7.57. The topological polar surface area (TPSA) is 87.6 Å². The maximum Gasteiger partial charge on any atom is 0.262 e. The molecule has 2 aromatic carbocycles. The minimum atomic E-state index is -3.74. The number of anilines is 1. The second-order valence-corrected chi connectivity index (χ2v) is 9.73. The Balaban J connectivity index is 1.61. The van der Waals surface area contributed by atoms with E-state index in [2.05, 4.69) is 15.0 Å². The summed E-state index contributed by atoms with van der Waals surface area (Å²) in [5.74, 6) is 0.477. The van der Waals surface area contributed by atoms with Crippen LogP contribution in [-0.2, 0) is 14.8 Å². The molecule has 9 heteroatoms.